The monoisotopic (exact) mass is 981 g/mol. The van der Waals surface area contributed by atoms with Crippen molar-refractivity contribution in [3.05, 3.63) is 264 Å². The maximum absolute atomic E-state index is 2.56. The van der Waals surface area contributed by atoms with E-state index >= 15 is 0 Å². The van der Waals surface area contributed by atoms with Gasteiger partial charge in [0.05, 0.1) is 11.4 Å². The van der Waals surface area contributed by atoms with Gasteiger partial charge in [0.15, 0.2) is 0 Å². The molecule has 0 heterocycles. The first-order valence-corrected chi connectivity index (χ1v) is 27.0. The standard InChI is InChI=1S/C74H64N2/c1-47(2)67-45-71(75(59-29-19-27-55(41-59)53-23-11-9-12-24-53)69-43-57(35-33-51(69)7)61-31-17-15-21-49(61)5)65-40-38-64-68(48(3)4)46-72(66-39-37-63(67)73(65)74(64)66)76(60-30-20-28-56(42-60)54-25-13-10-14-26-54)70-44-58(36-34-52(70)8)62-32-18-16-22-50(62)6/h9-48H,1-8H3. The second-order valence-corrected chi connectivity index (χ2v) is 21.5. The number of anilines is 6. The minimum absolute atomic E-state index is 0.244. The minimum atomic E-state index is 0.244. The molecule has 0 bridgehead atoms. The molecule has 0 aliphatic carbocycles. The molecule has 0 amide bonds. The molecule has 0 unspecified atom stereocenters. The van der Waals surface area contributed by atoms with Crippen LogP contribution in [0.5, 0.6) is 0 Å². The Morgan fingerprint density at radius 1 is 0.263 bits per heavy atom. The molecule has 0 aliphatic rings. The van der Waals surface area contributed by atoms with Crippen molar-refractivity contribution in [2.75, 3.05) is 9.80 Å². The molecular weight excluding hydrogens is 917 g/mol. The van der Waals surface area contributed by atoms with E-state index < -0.39 is 0 Å². The number of hydrogen-bond donors (Lipinski definition) is 0. The highest BCUT2D eigenvalue weighted by atomic mass is 15.2. The summed E-state index contributed by atoms with van der Waals surface area (Å²) in [5.74, 6) is 0.488. The van der Waals surface area contributed by atoms with Crippen molar-refractivity contribution in [3.8, 4) is 44.5 Å². The first kappa shape index (κ1) is 48.2. The van der Waals surface area contributed by atoms with Gasteiger partial charge in [0.2, 0.25) is 0 Å². The Balaban J connectivity index is 1.18. The summed E-state index contributed by atoms with van der Waals surface area (Å²) in [7, 11) is 0. The highest BCUT2D eigenvalue weighted by molar-refractivity contribution is 6.29. The summed E-state index contributed by atoms with van der Waals surface area (Å²) >= 11 is 0. The molecule has 76 heavy (non-hydrogen) atoms. The van der Waals surface area contributed by atoms with Crippen LogP contribution in [-0.2, 0) is 0 Å². The topological polar surface area (TPSA) is 6.48 Å². The Morgan fingerprint density at radius 3 is 1.03 bits per heavy atom. The lowest BCUT2D eigenvalue weighted by Gasteiger charge is -2.33. The van der Waals surface area contributed by atoms with Gasteiger partial charge < -0.3 is 9.80 Å². The number of aryl methyl sites for hydroxylation is 4. The number of hydrogen-bond acceptors (Lipinski definition) is 2. The molecule has 0 radical (unpaired) electrons. The zero-order valence-electron chi connectivity index (χ0n) is 45.0. The van der Waals surface area contributed by atoms with Gasteiger partial charge in [0, 0.05) is 33.5 Å². The Labute approximate surface area is 449 Å². The Kier molecular flexibility index (Phi) is 12.6. The van der Waals surface area contributed by atoms with Gasteiger partial charge in [-0.3, -0.25) is 0 Å². The van der Waals surface area contributed by atoms with Crippen LogP contribution in [0, 0.1) is 27.7 Å². The summed E-state index contributed by atoms with van der Waals surface area (Å²) in [5, 5.41) is 7.67. The van der Waals surface area contributed by atoms with E-state index in [0.29, 0.717) is 0 Å². The third kappa shape index (κ3) is 8.58. The van der Waals surface area contributed by atoms with Gasteiger partial charge in [-0.15, -0.1) is 0 Å². The fourth-order valence-corrected chi connectivity index (χ4v) is 11.9. The first-order valence-electron chi connectivity index (χ1n) is 27.0. The number of benzene rings is 12. The van der Waals surface area contributed by atoms with Gasteiger partial charge in [-0.25, -0.2) is 0 Å². The van der Waals surface area contributed by atoms with Gasteiger partial charge in [-0.2, -0.15) is 0 Å². The maximum atomic E-state index is 2.56. The summed E-state index contributed by atoms with van der Waals surface area (Å²) in [6.07, 6.45) is 0. The summed E-state index contributed by atoms with van der Waals surface area (Å²) in [6.45, 7) is 18.4. The zero-order valence-corrected chi connectivity index (χ0v) is 45.0. The highest BCUT2D eigenvalue weighted by Gasteiger charge is 2.28. The van der Waals surface area contributed by atoms with E-state index in [1.165, 1.54) is 122 Å². The van der Waals surface area contributed by atoms with Gasteiger partial charge in [0.25, 0.3) is 0 Å². The van der Waals surface area contributed by atoms with E-state index in [1.54, 1.807) is 0 Å². The van der Waals surface area contributed by atoms with E-state index in [9.17, 15) is 0 Å². The fourth-order valence-electron chi connectivity index (χ4n) is 11.9. The smallest absolute Gasteiger partial charge is 0.0543 e. The van der Waals surface area contributed by atoms with Gasteiger partial charge in [-0.1, -0.05) is 210 Å². The molecule has 0 N–H and O–H groups in total. The molecule has 12 aromatic rings. The molecule has 0 fully saturated rings. The van der Waals surface area contributed by atoms with Crippen LogP contribution in [-0.4, -0.2) is 0 Å². The van der Waals surface area contributed by atoms with E-state index in [-0.39, 0.29) is 11.8 Å². The summed E-state index contributed by atoms with van der Waals surface area (Å²) < 4.78 is 0. The summed E-state index contributed by atoms with van der Waals surface area (Å²) in [5.41, 5.74) is 24.1. The van der Waals surface area contributed by atoms with Crippen LogP contribution in [0.25, 0.3) is 76.8 Å². The van der Waals surface area contributed by atoms with E-state index in [2.05, 4.69) is 296 Å². The van der Waals surface area contributed by atoms with E-state index in [1.807, 2.05) is 0 Å². The number of nitrogens with zero attached hydrogens (tertiary/aromatic N) is 2. The lowest BCUT2D eigenvalue weighted by molar-refractivity contribution is 0.875. The Hall–Kier alpha value is -8.72. The average Bonchev–Trinajstić information content (AvgIpc) is 3.64. The molecule has 0 atom stereocenters. The van der Waals surface area contributed by atoms with E-state index in [4.69, 9.17) is 0 Å². The third-order valence-electron chi connectivity index (χ3n) is 15.9. The quantitative estimate of drug-likeness (QED) is 0.113. The van der Waals surface area contributed by atoms with Crippen molar-refractivity contribution in [2.45, 2.75) is 67.2 Å². The predicted molar refractivity (Wildman–Crippen MR) is 328 cm³/mol. The van der Waals surface area contributed by atoms with Crippen LogP contribution < -0.4 is 9.80 Å². The molecular formula is C74H64N2. The molecule has 12 rings (SSSR count). The molecule has 0 spiro atoms. The first-order chi connectivity index (χ1) is 37.0. The molecule has 2 heteroatoms. The largest absolute Gasteiger partial charge is 0.310 e. The van der Waals surface area contributed by atoms with Crippen LogP contribution in [0.1, 0.15) is 72.9 Å². The minimum Gasteiger partial charge on any atom is -0.310 e. The maximum Gasteiger partial charge on any atom is 0.0543 e. The second-order valence-electron chi connectivity index (χ2n) is 21.5. The molecule has 12 aromatic carbocycles. The average molecular weight is 981 g/mol. The van der Waals surface area contributed by atoms with Crippen molar-refractivity contribution in [1.82, 2.24) is 0 Å². The van der Waals surface area contributed by atoms with Crippen LogP contribution in [0.3, 0.4) is 0 Å². The van der Waals surface area contributed by atoms with Crippen molar-refractivity contribution >= 4 is 66.4 Å². The van der Waals surface area contributed by atoms with Gasteiger partial charge in [-0.05, 0) is 187 Å². The zero-order chi connectivity index (χ0) is 52.2. The Bertz CT molecular complexity index is 3840. The van der Waals surface area contributed by atoms with Gasteiger partial charge >= 0.3 is 0 Å². The predicted octanol–water partition coefficient (Wildman–Crippen LogP) is 21.7. The lowest BCUT2D eigenvalue weighted by atomic mass is 9.83. The van der Waals surface area contributed by atoms with E-state index in [0.717, 1.165) is 22.7 Å². The summed E-state index contributed by atoms with van der Waals surface area (Å²) in [4.78, 5) is 5.13. The van der Waals surface area contributed by atoms with Crippen LogP contribution >= 0.6 is 0 Å². The molecule has 0 saturated carbocycles. The molecule has 0 aromatic heterocycles. The third-order valence-corrected chi connectivity index (χ3v) is 15.9. The van der Waals surface area contributed by atoms with Crippen LogP contribution in [0.2, 0.25) is 0 Å². The molecule has 0 saturated heterocycles. The molecule has 2 nitrogen and oxygen atoms in total. The fraction of sp³-hybridized carbons (Fsp3) is 0.135. The van der Waals surface area contributed by atoms with Crippen LogP contribution in [0.15, 0.2) is 231 Å². The van der Waals surface area contributed by atoms with Crippen molar-refractivity contribution in [2.24, 2.45) is 0 Å². The normalized spacial score (nSPS) is 11.7. The van der Waals surface area contributed by atoms with Crippen LogP contribution in [0.4, 0.5) is 34.1 Å². The molecule has 0 aliphatic heterocycles. The molecule has 370 valence electrons. The second kappa shape index (κ2) is 19.9. The SMILES string of the molecule is Cc1ccccc1-c1ccc(C)c(N(c2cccc(-c3ccccc3)c2)c2cc(C(C)C)c3ccc4c(N(c5cccc(-c6ccccc6)c5)c5cc(-c6ccccc6C)ccc5C)cc(C(C)C)c5ccc2c3c54)c1. The van der Waals surface area contributed by atoms with Crippen molar-refractivity contribution in [1.29, 1.82) is 0 Å². The van der Waals surface area contributed by atoms with Crippen molar-refractivity contribution in [3.63, 3.8) is 0 Å². The lowest BCUT2D eigenvalue weighted by Crippen LogP contribution is -2.14. The van der Waals surface area contributed by atoms with Gasteiger partial charge in [0.1, 0.15) is 0 Å². The summed E-state index contributed by atoms with van der Waals surface area (Å²) in [6, 6.07) is 86.2. The Morgan fingerprint density at radius 2 is 0.632 bits per heavy atom. The van der Waals surface area contributed by atoms with Crippen molar-refractivity contribution < 1.29 is 0 Å². The number of rotatable bonds is 12. The highest BCUT2D eigenvalue weighted by Crippen LogP contribution is 2.52.